The Morgan fingerprint density at radius 2 is 2.26 bits per heavy atom. The lowest BCUT2D eigenvalue weighted by atomic mass is 9.99. The van der Waals surface area contributed by atoms with Gasteiger partial charge in [0.1, 0.15) is 6.34 Å². The second kappa shape index (κ2) is 10.00. The fraction of sp³-hybridized carbons (Fsp3) is 0.833. The molecule has 0 radical (unpaired) electrons. The first-order chi connectivity index (χ1) is 8.96. The topological polar surface area (TPSA) is 93.6 Å². The highest BCUT2D eigenvalue weighted by molar-refractivity contribution is 6.18. The molecule has 1 aliphatic rings. The van der Waals surface area contributed by atoms with E-state index in [2.05, 4.69) is 13.8 Å². The number of halogens is 1. The third-order valence-electron chi connectivity index (χ3n) is 2.76. The maximum Gasteiger partial charge on any atom is 0.427 e. The Bertz CT molecular complexity index is 276. The van der Waals surface area contributed by atoms with Crippen molar-refractivity contribution < 1.29 is 9.90 Å². The number of carbonyl (C=O) groups is 1. The molecule has 1 atom stereocenters. The van der Waals surface area contributed by atoms with Gasteiger partial charge in [0.25, 0.3) is 0 Å². The van der Waals surface area contributed by atoms with Gasteiger partial charge in [-0.3, -0.25) is 5.41 Å². The Kier molecular flexibility index (Phi) is 9.55. The van der Waals surface area contributed by atoms with E-state index < -0.39 is 6.09 Å². The van der Waals surface area contributed by atoms with Crippen molar-refractivity contribution in [2.45, 2.75) is 26.7 Å². The number of rotatable bonds is 4. The Hall–Kier alpha value is -0.850. The molecule has 1 heterocycles. The SMILES string of the molecule is CC(C)CCl.N=CN(C(=O)O)N1CCC[C@@H](CN)C1. The molecule has 7 heteroatoms. The van der Waals surface area contributed by atoms with Gasteiger partial charge in [-0.05, 0) is 31.2 Å². The average molecular weight is 293 g/mol. The molecule has 0 aliphatic carbocycles. The van der Waals surface area contributed by atoms with E-state index in [1.165, 1.54) is 0 Å². The van der Waals surface area contributed by atoms with Crippen LogP contribution in [-0.2, 0) is 0 Å². The first-order valence-electron chi connectivity index (χ1n) is 6.49. The summed E-state index contributed by atoms with van der Waals surface area (Å²) in [6.07, 6.45) is 1.68. The first kappa shape index (κ1) is 18.1. The summed E-state index contributed by atoms with van der Waals surface area (Å²) in [5, 5.41) is 18.4. The number of hydrazine groups is 1. The molecule has 19 heavy (non-hydrogen) atoms. The molecule has 0 unspecified atom stereocenters. The maximum absolute atomic E-state index is 10.7. The molecule has 0 aromatic rings. The number of hydrogen-bond acceptors (Lipinski definition) is 4. The Morgan fingerprint density at radius 1 is 1.68 bits per heavy atom. The quantitative estimate of drug-likeness (QED) is 0.420. The van der Waals surface area contributed by atoms with E-state index >= 15 is 0 Å². The van der Waals surface area contributed by atoms with E-state index in [0.29, 0.717) is 31.5 Å². The zero-order valence-corrected chi connectivity index (χ0v) is 12.4. The number of nitrogens with one attached hydrogen (secondary N) is 1. The summed E-state index contributed by atoms with van der Waals surface area (Å²) in [7, 11) is 0. The summed E-state index contributed by atoms with van der Waals surface area (Å²) in [4.78, 5) is 10.7. The highest BCUT2D eigenvalue weighted by Crippen LogP contribution is 2.16. The zero-order chi connectivity index (χ0) is 14.8. The van der Waals surface area contributed by atoms with Gasteiger partial charge in [-0.15, -0.1) is 11.6 Å². The van der Waals surface area contributed by atoms with E-state index in [0.717, 1.165) is 30.1 Å². The fourth-order valence-corrected chi connectivity index (χ4v) is 1.69. The number of amides is 1. The van der Waals surface area contributed by atoms with Gasteiger partial charge in [-0.25, -0.2) is 9.80 Å². The van der Waals surface area contributed by atoms with E-state index in [9.17, 15) is 4.79 Å². The minimum atomic E-state index is -1.11. The van der Waals surface area contributed by atoms with Crippen LogP contribution in [0, 0.1) is 17.2 Å². The molecule has 1 amide bonds. The molecule has 1 saturated heterocycles. The fourth-order valence-electron chi connectivity index (χ4n) is 1.69. The van der Waals surface area contributed by atoms with Crippen LogP contribution in [0.5, 0.6) is 0 Å². The Labute approximate surface area is 120 Å². The van der Waals surface area contributed by atoms with Gasteiger partial charge in [0.15, 0.2) is 0 Å². The van der Waals surface area contributed by atoms with Crippen molar-refractivity contribution in [2.24, 2.45) is 17.6 Å². The predicted molar refractivity (Wildman–Crippen MR) is 77.6 cm³/mol. The van der Waals surface area contributed by atoms with Crippen LogP contribution in [0.2, 0.25) is 0 Å². The summed E-state index contributed by atoms with van der Waals surface area (Å²) in [6, 6.07) is 0. The van der Waals surface area contributed by atoms with Crippen LogP contribution in [0.3, 0.4) is 0 Å². The van der Waals surface area contributed by atoms with Crippen LogP contribution in [-0.4, -0.2) is 53.1 Å². The average Bonchev–Trinajstić information content (AvgIpc) is 2.40. The largest absolute Gasteiger partial charge is 0.464 e. The molecule has 1 aliphatic heterocycles. The molecule has 6 nitrogen and oxygen atoms in total. The van der Waals surface area contributed by atoms with Crippen molar-refractivity contribution in [1.82, 2.24) is 10.0 Å². The van der Waals surface area contributed by atoms with Gasteiger partial charge in [0.05, 0.1) is 0 Å². The van der Waals surface area contributed by atoms with Crippen molar-refractivity contribution >= 4 is 24.0 Å². The van der Waals surface area contributed by atoms with Crippen molar-refractivity contribution in [3.05, 3.63) is 0 Å². The summed E-state index contributed by atoms with van der Waals surface area (Å²) in [5.41, 5.74) is 5.53. The van der Waals surface area contributed by atoms with Crippen LogP contribution in [0.1, 0.15) is 26.7 Å². The first-order valence-corrected chi connectivity index (χ1v) is 7.03. The van der Waals surface area contributed by atoms with Crippen LogP contribution < -0.4 is 5.73 Å². The van der Waals surface area contributed by atoms with E-state index in [1.807, 2.05) is 0 Å². The molecule has 112 valence electrons. The monoisotopic (exact) mass is 292 g/mol. The highest BCUT2D eigenvalue weighted by Gasteiger charge is 2.25. The minimum Gasteiger partial charge on any atom is -0.464 e. The van der Waals surface area contributed by atoms with E-state index in [4.69, 9.17) is 27.9 Å². The van der Waals surface area contributed by atoms with Gasteiger partial charge in [0, 0.05) is 19.0 Å². The minimum absolute atomic E-state index is 0.338. The van der Waals surface area contributed by atoms with E-state index in [1.54, 1.807) is 5.01 Å². The standard InChI is InChI=1S/C8H16N4O2.C4H9Cl/c9-4-7-2-1-3-11(5-7)12(6-10)8(13)14;1-4(2)3-5/h6-7,10H,1-5,9H2,(H,13,14);4H,3H2,1-2H3/t7-;/m0./s1. The highest BCUT2D eigenvalue weighted by atomic mass is 35.5. The second-order valence-electron chi connectivity index (χ2n) is 4.96. The smallest absolute Gasteiger partial charge is 0.427 e. The van der Waals surface area contributed by atoms with Crippen molar-refractivity contribution in [2.75, 3.05) is 25.5 Å². The number of carboxylic acid groups (broad SMARTS) is 1. The second-order valence-corrected chi connectivity index (χ2v) is 5.27. The molecule has 0 spiro atoms. The van der Waals surface area contributed by atoms with Crippen LogP contribution >= 0.6 is 11.6 Å². The molecule has 0 saturated carbocycles. The number of alkyl halides is 1. The molecule has 0 aromatic carbocycles. The molecular formula is C12H25ClN4O2. The third kappa shape index (κ3) is 7.34. The maximum atomic E-state index is 10.7. The van der Waals surface area contributed by atoms with Gasteiger partial charge < -0.3 is 10.8 Å². The molecular weight excluding hydrogens is 268 g/mol. The lowest BCUT2D eigenvalue weighted by Crippen LogP contribution is -2.50. The summed E-state index contributed by atoms with van der Waals surface area (Å²) >= 11 is 5.34. The van der Waals surface area contributed by atoms with Crippen LogP contribution in [0.15, 0.2) is 0 Å². The summed E-state index contributed by atoms with van der Waals surface area (Å²) in [5.74, 6) is 1.77. The number of hydrogen-bond donors (Lipinski definition) is 3. The molecule has 1 fully saturated rings. The normalized spacial score (nSPS) is 19.5. The molecule has 0 bridgehead atoms. The number of piperidine rings is 1. The summed E-state index contributed by atoms with van der Waals surface area (Å²) < 4.78 is 0. The zero-order valence-electron chi connectivity index (χ0n) is 11.7. The molecule has 0 aromatic heterocycles. The number of nitrogens with two attached hydrogens (primary N) is 1. The number of nitrogens with zero attached hydrogens (tertiary/aromatic N) is 2. The van der Waals surface area contributed by atoms with Crippen molar-refractivity contribution in [3.63, 3.8) is 0 Å². The molecule has 4 N–H and O–H groups in total. The van der Waals surface area contributed by atoms with Gasteiger partial charge in [-0.1, -0.05) is 13.8 Å². The van der Waals surface area contributed by atoms with Crippen LogP contribution in [0.25, 0.3) is 0 Å². The van der Waals surface area contributed by atoms with E-state index in [-0.39, 0.29) is 0 Å². The van der Waals surface area contributed by atoms with Gasteiger partial charge in [-0.2, -0.15) is 5.01 Å². The van der Waals surface area contributed by atoms with Crippen molar-refractivity contribution in [1.29, 1.82) is 5.41 Å². The van der Waals surface area contributed by atoms with Crippen LogP contribution in [0.4, 0.5) is 4.79 Å². The predicted octanol–water partition coefficient (Wildman–Crippen LogP) is 2.04. The lowest BCUT2D eigenvalue weighted by Gasteiger charge is -2.36. The molecule has 1 rings (SSSR count). The van der Waals surface area contributed by atoms with Gasteiger partial charge in [0.2, 0.25) is 0 Å². The Morgan fingerprint density at radius 3 is 2.63 bits per heavy atom. The lowest BCUT2D eigenvalue weighted by molar-refractivity contribution is 0.0164. The summed E-state index contributed by atoms with van der Waals surface area (Å²) in [6.45, 7) is 6.05. The van der Waals surface area contributed by atoms with Gasteiger partial charge >= 0.3 is 6.09 Å². The Balaban J connectivity index is 0.000000555. The third-order valence-corrected chi connectivity index (χ3v) is 3.38. The van der Waals surface area contributed by atoms with Crippen molar-refractivity contribution in [3.8, 4) is 0 Å².